The Morgan fingerprint density at radius 2 is 1.80 bits per heavy atom. The van der Waals surface area contributed by atoms with Gasteiger partial charge in [-0.15, -0.1) is 0 Å². The summed E-state index contributed by atoms with van der Waals surface area (Å²) >= 11 is 5.49. The lowest BCUT2D eigenvalue weighted by molar-refractivity contribution is 0.595. The predicted molar refractivity (Wildman–Crippen MR) is 73.0 cm³/mol. The minimum Gasteiger partial charge on any atom is -0.399 e. The van der Waals surface area contributed by atoms with Crippen LogP contribution in [0.4, 0.5) is 20.2 Å². The number of nitrogens with one attached hydrogen (secondary N) is 1. The van der Waals surface area contributed by atoms with Gasteiger partial charge in [-0.1, -0.05) is 11.6 Å². The van der Waals surface area contributed by atoms with Crippen LogP contribution < -0.4 is 10.5 Å². The van der Waals surface area contributed by atoms with E-state index in [0.717, 1.165) is 24.3 Å². The van der Waals surface area contributed by atoms with Crippen LogP contribution in [0.5, 0.6) is 0 Å². The highest BCUT2D eigenvalue weighted by Crippen LogP contribution is 2.22. The minimum atomic E-state index is -4.07. The van der Waals surface area contributed by atoms with E-state index in [1.54, 1.807) is 0 Å². The van der Waals surface area contributed by atoms with Gasteiger partial charge in [0.15, 0.2) is 0 Å². The first kappa shape index (κ1) is 14.5. The van der Waals surface area contributed by atoms with E-state index in [4.69, 9.17) is 17.3 Å². The molecule has 0 radical (unpaired) electrons. The largest absolute Gasteiger partial charge is 0.399 e. The van der Waals surface area contributed by atoms with Crippen molar-refractivity contribution < 1.29 is 17.2 Å². The summed E-state index contributed by atoms with van der Waals surface area (Å²) in [5.41, 5.74) is 5.32. The third-order valence-corrected chi connectivity index (χ3v) is 4.04. The molecule has 0 spiro atoms. The van der Waals surface area contributed by atoms with Gasteiger partial charge in [-0.25, -0.2) is 17.2 Å². The van der Waals surface area contributed by atoms with Gasteiger partial charge in [0.05, 0.1) is 15.6 Å². The maximum atomic E-state index is 13.2. The lowest BCUT2D eigenvalue weighted by atomic mass is 10.3. The van der Waals surface area contributed by atoms with Crippen LogP contribution >= 0.6 is 11.6 Å². The Balaban J connectivity index is 2.37. The number of halogens is 3. The van der Waals surface area contributed by atoms with Crippen LogP contribution in [0.3, 0.4) is 0 Å². The van der Waals surface area contributed by atoms with Gasteiger partial charge < -0.3 is 5.73 Å². The van der Waals surface area contributed by atoms with Crippen molar-refractivity contribution in [3.63, 3.8) is 0 Å². The lowest BCUT2D eigenvalue weighted by Gasteiger charge is -2.09. The third kappa shape index (κ3) is 3.17. The molecule has 20 heavy (non-hydrogen) atoms. The molecule has 0 unspecified atom stereocenters. The number of nitrogens with two attached hydrogens (primary N) is 1. The molecular weight excluding hydrogens is 310 g/mol. The maximum Gasteiger partial charge on any atom is 0.262 e. The predicted octanol–water partition coefficient (Wildman–Crippen LogP) is 3.00. The molecule has 0 saturated heterocycles. The van der Waals surface area contributed by atoms with E-state index in [0.29, 0.717) is 0 Å². The molecule has 0 aromatic heterocycles. The second kappa shape index (κ2) is 5.26. The van der Waals surface area contributed by atoms with Crippen LogP contribution in [-0.4, -0.2) is 8.42 Å². The molecule has 2 aromatic rings. The molecule has 2 aromatic carbocycles. The fraction of sp³-hybridized carbons (Fsp3) is 0. The van der Waals surface area contributed by atoms with Crippen molar-refractivity contribution >= 4 is 33.0 Å². The third-order valence-electron chi connectivity index (χ3n) is 2.38. The Labute approximate surface area is 119 Å². The molecule has 0 aliphatic heterocycles. The second-order valence-electron chi connectivity index (χ2n) is 3.95. The average molecular weight is 319 g/mol. The first-order valence-electron chi connectivity index (χ1n) is 5.32. The van der Waals surface area contributed by atoms with Crippen molar-refractivity contribution in [2.24, 2.45) is 0 Å². The van der Waals surface area contributed by atoms with Gasteiger partial charge in [0, 0.05) is 5.69 Å². The highest BCUT2D eigenvalue weighted by molar-refractivity contribution is 7.92. The molecule has 0 amide bonds. The summed E-state index contributed by atoms with van der Waals surface area (Å²) in [6.07, 6.45) is 0. The number of benzene rings is 2. The highest BCUT2D eigenvalue weighted by atomic mass is 35.5. The van der Waals surface area contributed by atoms with Crippen molar-refractivity contribution in [3.05, 3.63) is 53.1 Å². The van der Waals surface area contributed by atoms with Crippen LogP contribution in [0, 0.1) is 11.6 Å². The number of sulfonamides is 1. The molecule has 0 saturated carbocycles. The number of rotatable bonds is 3. The van der Waals surface area contributed by atoms with Gasteiger partial charge in [0.2, 0.25) is 0 Å². The quantitative estimate of drug-likeness (QED) is 0.854. The fourth-order valence-electron chi connectivity index (χ4n) is 1.51. The molecule has 0 fully saturated rings. The average Bonchev–Trinajstić information content (AvgIpc) is 2.32. The SMILES string of the molecule is Nc1cc(F)cc(S(=O)(=O)Nc2ccc(Cl)c(F)c2)c1. The van der Waals surface area contributed by atoms with Crippen molar-refractivity contribution in [1.82, 2.24) is 0 Å². The molecule has 8 heteroatoms. The van der Waals surface area contributed by atoms with Crippen molar-refractivity contribution in [2.45, 2.75) is 4.90 Å². The molecule has 106 valence electrons. The highest BCUT2D eigenvalue weighted by Gasteiger charge is 2.16. The number of hydrogen-bond donors (Lipinski definition) is 2. The van der Waals surface area contributed by atoms with Crippen LogP contribution in [0.25, 0.3) is 0 Å². The molecule has 0 atom stereocenters. The van der Waals surface area contributed by atoms with Crippen molar-refractivity contribution in [1.29, 1.82) is 0 Å². The van der Waals surface area contributed by atoms with E-state index in [2.05, 4.69) is 4.72 Å². The molecule has 3 N–H and O–H groups in total. The first-order valence-corrected chi connectivity index (χ1v) is 7.18. The molecule has 0 aliphatic rings. The van der Waals surface area contributed by atoms with Gasteiger partial charge >= 0.3 is 0 Å². The summed E-state index contributed by atoms with van der Waals surface area (Å²) in [5, 5.41) is -0.136. The van der Waals surface area contributed by atoms with Gasteiger partial charge in [-0.05, 0) is 36.4 Å². The smallest absolute Gasteiger partial charge is 0.262 e. The van der Waals surface area contributed by atoms with Gasteiger partial charge in [0.25, 0.3) is 10.0 Å². The molecule has 0 aliphatic carbocycles. The number of nitrogen functional groups attached to an aromatic ring is 1. The maximum absolute atomic E-state index is 13.2. The molecule has 4 nitrogen and oxygen atoms in total. The van der Waals surface area contributed by atoms with Gasteiger partial charge in [-0.3, -0.25) is 4.72 Å². The zero-order chi connectivity index (χ0) is 14.9. The summed E-state index contributed by atoms with van der Waals surface area (Å²) in [5.74, 6) is -1.56. The Morgan fingerprint density at radius 1 is 1.10 bits per heavy atom. The minimum absolute atomic E-state index is 0.0327. The van der Waals surface area contributed by atoms with Crippen molar-refractivity contribution in [2.75, 3.05) is 10.5 Å². The summed E-state index contributed by atoms with van der Waals surface area (Å²) in [6.45, 7) is 0. The zero-order valence-corrected chi connectivity index (χ0v) is 11.5. The summed E-state index contributed by atoms with van der Waals surface area (Å²) in [7, 11) is -4.07. The zero-order valence-electron chi connectivity index (χ0n) is 9.90. The Bertz CT molecular complexity index is 746. The molecule has 0 heterocycles. The summed E-state index contributed by atoms with van der Waals surface area (Å²) < 4.78 is 52.5. The van der Waals surface area contributed by atoms with Gasteiger partial charge in [0.1, 0.15) is 11.6 Å². The van der Waals surface area contributed by atoms with Crippen LogP contribution in [0.2, 0.25) is 5.02 Å². The van der Waals surface area contributed by atoms with E-state index in [1.165, 1.54) is 12.1 Å². The fourth-order valence-corrected chi connectivity index (χ4v) is 2.74. The molecular formula is C12H9ClF2N2O2S. The van der Waals surface area contributed by atoms with E-state index in [1.807, 2.05) is 0 Å². The number of hydrogen-bond acceptors (Lipinski definition) is 3. The Kier molecular flexibility index (Phi) is 3.82. The summed E-state index contributed by atoms with van der Waals surface area (Å²) in [6, 6.07) is 6.30. The Morgan fingerprint density at radius 3 is 2.40 bits per heavy atom. The van der Waals surface area contributed by atoms with Gasteiger partial charge in [-0.2, -0.15) is 0 Å². The second-order valence-corrected chi connectivity index (χ2v) is 6.04. The lowest BCUT2D eigenvalue weighted by Crippen LogP contribution is -2.13. The van der Waals surface area contributed by atoms with Crippen LogP contribution in [-0.2, 0) is 10.0 Å². The first-order chi connectivity index (χ1) is 9.28. The van der Waals surface area contributed by atoms with Crippen molar-refractivity contribution in [3.8, 4) is 0 Å². The summed E-state index contributed by atoms with van der Waals surface area (Å²) in [4.78, 5) is -0.356. The monoisotopic (exact) mass is 318 g/mol. The van der Waals surface area contributed by atoms with E-state index in [9.17, 15) is 17.2 Å². The van der Waals surface area contributed by atoms with E-state index in [-0.39, 0.29) is 21.3 Å². The normalized spacial score (nSPS) is 11.3. The topological polar surface area (TPSA) is 72.2 Å². The standard InChI is InChI=1S/C12H9ClF2N2O2S/c13-11-2-1-9(6-12(11)15)17-20(18,19)10-4-7(14)3-8(16)5-10/h1-6,17H,16H2. The Hall–Kier alpha value is -1.86. The van der Waals surface area contributed by atoms with Crippen LogP contribution in [0.1, 0.15) is 0 Å². The number of anilines is 2. The molecule has 0 bridgehead atoms. The van der Waals surface area contributed by atoms with E-state index < -0.39 is 21.7 Å². The molecule has 2 rings (SSSR count). The van der Waals surface area contributed by atoms with Crippen LogP contribution in [0.15, 0.2) is 41.3 Å². The van der Waals surface area contributed by atoms with E-state index >= 15 is 0 Å².